The highest BCUT2D eigenvalue weighted by molar-refractivity contribution is 7.89. The van der Waals surface area contributed by atoms with E-state index in [2.05, 4.69) is 28.6 Å². The summed E-state index contributed by atoms with van der Waals surface area (Å²) in [5, 5.41) is 11.9. The number of nitrogens with one attached hydrogen (secondary N) is 1. The number of hydrogen-bond donors (Lipinski definition) is 2. The Bertz CT molecular complexity index is 905. The molecule has 0 fully saturated rings. The standard InChI is InChI=1S/C18H24N4O3S/c1-13(15-7-6-14-4-2-3-5-16(14)10-15)21-18(23)8-9-22-12-17(11-20-22)26(19,24)25/h6-7,10-13H,2-5,8-9H2,1H3,(H,21,23)(H2,19,24,25)/t13-/m0/s1. The molecule has 1 atom stereocenters. The molecule has 1 aromatic carbocycles. The number of aromatic nitrogens is 2. The molecule has 0 radical (unpaired) electrons. The molecule has 0 aliphatic heterocycles. The van der Waals surface area contributed by atoms with E-state index in [9.17, 15) is 13.2 Å². The van der Waals surface area contributed by atoms with E-state index in [0.717, 1.165) is 18.4 Å². The van der Waals surface area contributed by atoms with Crippen LogP contribution in [0.1, 0.15) is 48.9 Å². The number of nitrogens with zero attached hydrogens (tertiary/aromatic N) is 2. The monoisotopic (exact) mass is 376 g/mol. The van der Waals surface area contributed by atoms with E-state index in [1.165, 1.54) is 41.0 Å². The Morgan fingerprint density at radius 2 is 2.04 bits per heavy atom. The third-order valence-electron chi connectivity index (χ3n) is 4.76. The van der Waals surface area contributed by atoms with Gasteiger partial charge in [0.05, 0.1) is 12.2 Å². The lowest BCUT2D eigenvalue weighted by molar-refractivity contribution is -0.122. The molecular weight excluding hydrogens is 352 g/mol. The number of primary sulfonamides is 1. The molecule has 0 unspecified atom stereocenters. The lowest BCUT2D eigenvalue weighted by Crippen LogP contribution is -2.27. The Hall–Kier alpha value is -2.19. The fourth-order valence-corrected chi connectivity index (χ4v) is 3.71. The van der Waals surface area contributed by atoms with Crippen LogP contribution in [0.5, 0.6) is 0 Å². The van der Waals surface area contributed by atoms with Crippen LogP contribution in [0.3, 0.4) is 0 Å². The minimum atomic E-state index is -3.77. The first-order valence-corrected chi connectivity index (χ1v) is 10.3. The first-order valence-electron chi connectivity index (χ1n) is 8.79. The summed E-state index contributed by atoms with van der Waals surface area (Å²) in [6, 6.07) is 6.38. The molecule has 7 nitrogen and oxygen atoms in total. The number of fused-ring (bicyclic) bond motifs is 1. The average molecular weight is 376 g/mol. The van der Waals surface area contributed by atoms with Gasteiger partial charge in [0.2, 0.25) is 15.9 Å². The maximum absolute atomic E-state index is 12.2. The van der Waals surface area contributed by atoms with Gasteiger partial charge in [-0.3, -0.25) is 9.48 Å². The Kier molecular flexibility index (Phi) is 5.43. The highest BCUT2D eigenvalue weighted by Gasteiger charge is 2.15. The number of carbonyl (C=O) groups is 1. The van der Waals surface area contributed by atoms with Gasteiger partial charge in [-0.15, -0.1) is 0 Å². The van der Waals surface area contributed by atoms with Crippen molar-refractivity contribution in [2.75, 3.05) is 0 Å². The second-order valence-corrected chi connectivity index (χ2v) is 8.32. The van der Waals surface area contributed by atoms with Crippen LogP contribution < -0.4 is 10.5 Å². The van der Waals surface area contributed by atoms with Crippen LogP contribution in [0.4, 0.5) is 0 Å². The smallest absolute Gasteiger partial charge is 0.241 e. The van der Waals surface area contributed by atoms with Crippen LogP contribution in [-0.4, -0.2) is 24.1 Å². The third kappa shape index (κ3) is 4.50. The zero-order chi connectivity index (χ0) is 18.7. The van der Waals surface area contributed by atoms with Crippen LogP contribution in [-0.2, 0) is 34.2 Å². The van der Waals surface area contributed by atoms with Crippen molar-refractivity contribution >= 4 is 15.9 Å². The number of nitrogens with two attached hydrogens (primary N) is 1. The Morgan fingerprint density at radius 1 is 1.31 bits per heavy atom. The largest absolute Gasteiger partial charge is 0.350 e. The van der Waals surface area contributed by atoms with Gasteiger partial charge in [-0.25, -0.2) is 13.6 Å². The zero-order valence-electron chi connectivity index (χ0n) is 14.8. The van der Waals surface area contributed by atoms with Crippen molar-refractivity contribution in [2.24, 2.45) is 5.14 Å². The van der Waals surface area contributed by atoms with Gasteiger partial charge in [0.15, 0.2) is 0 Å². The van der Waals surface area contributed by atoms with Crippen molar-refractivity contribution in [3.63, 3.8) is 0 Å². The number of aryl methyl sites for hydroxylation is 3. The molecule has 3 rings (SSSR count). The predicted molar refractivity (Wildman–Crippen MR) is 97.9 cm³/mol. The molecule has 1 amide bonds. The topological polar surface area (TPSA) is 107 Å². The minimum Gasteiger partial charge on any atom is -0.350 e. The normalized spacial score (nSPS) is 15.3. The van der Waals surface area contributed by atoms with Crippen LogP contribution in [0, 0.1) is 0 Å². The van der Waals surface area contributed by atoms with Crippen molar-refractivity contribution in [3.05, 3.63) is 47.3 Å². The first kappa shape index (κ1) is 18.6. The molecule has 0 saturated heterocycles. The van der Waals surface area contributed by atoms with Crippen molar-refractivity contribution in [3.8, 4) is 0 Å². The van der Waals surface area contributed by atoms with E-state index in [1.807, 2.05) is 6.92 Å². The Balaban J connectivity index is 1.55. The van der Waals surface area contributed by atoms with Gasteiger partial charge in [-0.05, 0) is 49.3 Å². The number of sulfonamides is 1. The van der Waals surface area contributed by atoms with Gasteiger partial charge < -0.3 is 5.32 Å². The van der Waals surface area contributed by atoms with Crippen molar-refractivity contribution in [2.45, 2.75) is 56.5 Å². The van der Waals surface area contributed by atoms with Gasteiger partial charge in [-0.2, -0.15) is 5.10 Å². The van der Waals surface area contributed by atoms with E-state index in [-0.39, 0.29) is 29.8 Å². The lowest BCUT2D eigenvalue weighted by Gasteiger charge is -2.20. The van der Waals surface area contributed by atoms with Gasteiger partial charge in [-0.1, -0.05) is 18.2 Å². The molecule has 2 aromatic rings. The molecule has 3 N–H and O–H groups in total. The fraction of sp³-hybridized carbons (Fsp3) is 0.444. The number of amides is 1. The molecule has 1 aromatic heterocycles. The van der Waals surface area contributed by atoms with Crippen LogP contribution in [0.25, 0.3) is 0 Å². The number of benzene rings is 1. The van der Waals surface area contributed by atoms with Crippen molar-refractivity contribution in [1.82, 2.24) is 15.1 Å². The number of rotatable bonds is 6. The van der Waals surface area contributed by atoms with E-state index in [1.54, 1.807) is 0 Å². The van der Waals surface area contributed by atoms with Gasteiger partial charge >= 0.3 is 0 Å². The molecule has 1 heterocycles. The molecule has 140 valence electrons. The minimum absolute atomic E-state index is 0.0552. The molecule has 8 heteroatoms. The molecule has 0 saturated carbocycles. The SMILES string of the molecule is C[C@H](NC(=O)CCn1cc(S(N)(=O)=O)cn1)c1ccc2c(c1)CCCC2. The fourth-order valence-electron chi connectivity index (χ4n) is 3.25. The highest BCUT2D eigenvalue weighted by Crippen LogP contribution is 2.24. The summed E-state index contributed by atoms with van der Waals surface area (Å²) in [6.07, 6.45) is 7.44. The quantitative estimate of drug-likeness (QED) is 0.800. The summed E-state index contributed by atoms with van der Waals surface area (Å²) < 4.78 is 23.9. The van der Waals surface area contributed by atoms with Gasteiger partial charge in [0, 0.05) is 19.2 Å². The second-order valence-electron chi connectivity index (χ2n) is 6.76. The Morgan fingerprint density at radius 3 is 2.73 bits per heavy atom. The summed E-state index contributed by atoms with van der Waals surface area (Å²) in [7, 11) is -3.77. The van der Waals surface area contributed by atoms with E-state index < -0.39 is 10.0 Å². The number of hydrogen-bond acceptors (Lipinski definition) is 4. The maximum Gasteiger partial charge on any atom is 0.241 e. The molecule has 0 bridgehead atoms. The predicted octanol–water partition coefficient (Wildman–Crippen LogP) is 1.68. The summed E-state index contributed by atoms with van der Waals surface area (Å²) >= 11 is 0. The molecular formula is C18H24N4O3S. The third-order valence-corrected chi connectivity index (χ3v) is 5.62. The molecule has 1 aliphatic rings. The number of carbonyl (C=O) groups excluding carboxylic acids is 1. The zero-order valence-corrected chi connectivity index (χ0v) is 15.6. The molecule has 1 aliphatic carbocycles. The van der Waals surface area contributed by atoms with Crippen molar-refractivity contribution in [1.29, 1.82) is 0 Å². The average Bonchev–Trinajstić information content (AvgIpc) is 3.09. The summed E-state index contributed by atoms with van der Waals surface area (Å²) in [6.45, 7) is 2.26. The van der Waals surface area contributed by atoms with Crippen LogP contribution in [0.15, 0.2) is 35.5 Å². The van der Waals surface area contributed by atoms with Crippen molar-refractivity contribution < 1.29 is 13.2 Å². The highest BCUT2D eigenvalue weighted by atomic mass is 32.2. The lowest BCUT2D eigenvalue weighted by atomic mass is 9.89. The van der Waals surface area contributed by atoms with Crippen LogP contribution >= 0.6 is 0 Å². The summed E-state index contributed by atoms with van der Waals surface area (Å²) in [5.74, 6) is -0.108. The van der Waals surface area contributed by atoms with Gasteiger partial charge in [0.1, 0.15) is 4.90 Å². The van der Waals surface area contributed by atoms with Gasteiger partial charge in [0.25, 0.3) is 0 Å². The van der Waals surface area contributed by atoms with E-state index in [0.29, 0.717) is 0 Å². The molecule has 0 spiro atoms. The Labute approximate surface area is 153 Å². The van der Waals surface area contributed by atoms with Crippen LogP contribution in [0.2, 0.25) is 0 Å². The summed E-state index contributed by atoms with van der Waals surface area (Å²) in [5.41, 5.74) is 3.92. The molecule has 26 heavy (non-hydrogen) atoms. The second kappa shape index (κ2) is 7.59. The van der Waals surface area contributed by atoms with E-state index >= 15 is 0 Å². The first-order chi connectivity index (χ1) is 12.3. The van der Waals surface area contributed by atoms with E-state index in [4.69, 9.17) is 5.14 Å². The summed E-state index contributed by atoms with van der Waals surface area (Å²) in [4.78, 5) is 12.1. The maximum atomic E-state index is 12.2.